The molecule has 0 aliphatic rings. The van der Waals surface area contributed by atoms with E-state index in [2.05, 4.69) is 192 Å². The second-order valence-corrected chi connectivity index (χ2v) is 16.7. The summed E-state index contributed by atoms with van der Waals surface area (Å²) in [6, 6.07) is 38.9. The molecule has 3 heterocycles. The summed E-state index contributed by atoms with van der Waals surface area (Å²) < 4.78 is 9.07. The van der Waals surface area contributed by atoms with Crippen molar-refractivity contribution in [2.75, 3.05) is 0 Å². The Hall–Kier alpha value is -6.20. The van der Waals surface area contributed by atoms with Crippen molar-refractivity contribution in [3.63, 3.8) is 0 Å². The molecule has 0 saturated heterocycles. The molecule has 0 aliphatic heterocycles. The van der Waals surface area contributed by atoms with Crippen molar-refractivity contribution in [3.05, 3.63) is 109 Å². The predicted molar refractivity (Wildman–Crippen MR) is 285 cm³/mol. The molecule has 10 aromatic rings. The topological polar surface area (TPSA) is 56.7 Å². The number of nitrogens with zero attached hydrogens (tertiary/aromatic N) is 4. The summed E-state index contributed by atoms with van der Waals surface area (Å²) in [4.78, 5) is 15.9. The average Bonchev–Trinajstić information content (AvgIpc) is 3.82. The van der Waals surface area contributed by atoms with Gasteiger partial charge >= 0.3 is 0 Å². The van der Waals surface area contributed by atoms with Gasteiger partial charge in [-0.1, -0.05) is 82.5 Å². The van der Waals surface area contributed by atoms with Gasteiger partial charge in [-0.15, -0.1) is 32.8 Å². The van der Waals surface area contributed by atoms with Crippen molar-refractivity contribution >= 4 is 177 Å². The SMILES string of the molecule is Bc1c(B)c(B)c(-c2nc(-c3ccc4c(c3)oc3cccc(-c5ccc6c(c5)c5ccccc5n6-c5ccccc5)c34)nc(-c3c(B)c(B)c(B)c(B)c3B)n2)c(B)c1B. The standard InChI is InChI=1S/C45H38B10N4O/c46-33-31(34(47)38(51)41(54)37(33)50)44-56-43(57-45(58-44)32-35(48)39(52)42(55)40(53)36(32)49)20-13-15-24-29(18-20)60-28-12-6-10-22(30(24)28)19-14-16-27-25(17-19)23-9-4-5-11-26(23)59(27)21-7-2-1-3-8-21/h1-18H,46-55H2. The molecule has 7 aromatic carbocycles. The number of furan rings is 1. The highest BCUT2D eigenvalue weighted by molar-refractivity contribution is 6.70. The fourth-order valence-corrected chi connectivity index (χ4v) is 9.60. The second-order valence-electron chi connectivity index (χ2n) is 16.7. The zero-order chi connectivity index (χ0) is 41.7. The van der Waals surface area contributed by atoms with Crippen molar-refractivity contribution in [1.82, 2.24) is 19.5 Å². The second kappa shape index (κ2) is 14.2. The van der Waals surface area contributed by atoms with E-state index >= 15 is 0 Å². The van der Waals surface area contributed by atoms with Gasteiger partial charge in [0.25, 0.3) is 0 Å². The Bertz CT molecular complexity index is 3310. The van der Waals surface area contributed by atoms with Gasteiger partial charge in [-0.25, -0.2) is 15.0 Å². The molecule has 0 saturated carbocycles. The Morgan fingerprint density at radius 1 is 0.383 bits per heavy atom. The fourth-order valence-electron chi connectivity index (χ4n) is 9.60. The first-order valence-electron chi connectivity index (χ1n) is 20.9. The molecule has 3 aromatic heterocycles. The molecule has 0 bridgehead atoms. The van der Waals surface area contributed by atoms with Crippen LogP contribution >= 0.6 is 0 Å². The van der Waals surface area contributed by atoms with Gasteiger partial charge in [0.05, 0.1) is 11.0 Å². The maximum absolute atomic E-state index is 6.72. The van der Waals surface area contributed by atoms with Crippen molar-refractivity contribution in [2.45, 2.75) is 0 Å². The van der Waals surface area contributed by atoms with E-state index in [1.807, 2.05) is 0 Å². The van der Waals surface area contributed by atoms with Crippen LogP contribution in [-0.4, -0.2) is 98.0 Å². The Labute approximate surface area is 359 Å². The first-order valence-corrected chi connectivity index (χ1v) is 20.9. The van der Waals surface area contributed by atoms with Crippen LogP contribution < -0.4 is 54.6 Å². The van der Waals surface area contributed by atoms with Gasteiger partial charge in [0.1, 0.15) is 89.6 Å². The first-order chi connectivity index (χ1) is 28.9. The average molecular weight is 759 g/mol. The third-order valence-corrected chi connectivity index (χ3v) is 13.8. The Balaban J connectivity index is 1.16. The van der Waals surface area contributed by atoms with E-state index < -0.39 is 0 Å². The molecule has 0 amide bonds. The summed E-state index contributed by atoms with van der Waals surface area (Å²) in [7, 11) is 22.0. The summed E-state index contributed by atoms with van der Waals surface area (Å²) in [6.07, 6.45) is 0. The van der Waals surface area contributed by atoms with Crippen LogP contribution in [0.4, 0.5) is 0 Å². The summed E-state index contributed by atoms with van der Waals surface area (Å²) in [6.45, 7) is 0. The lowest BCUT2D eigenvalue weighted by molar-refractivity contribution is 0.669. The Morgan fingerprint density at radius 2 is 0.917 bits per heavy atom. The first kappa shape index (κ1) is 38.0. The van der Waals surface area contributed by atoms with Crippen LogP contribution in [-0.2, 0) is 0 Å². The molecule has 10 rings (SSSR count). The van der Waals surface area contributed by atoms with Crippen LogP contribution in [0.25, 0.3) is 94.7 Å². The molecule has 5 nitrogen and oxygen atoms in total. The van der Waals surface area contributed by atoms with Crippen LogP contribution in [0.5, 0.6) is 0 Å². The smallest absolute Gasteiger partial charge is 0.164 e. The number of para-hydroxylation sites is 2. The molecular formula is C45H38B10N4O. The molecule has 0 radical (unpaired) electrons. The molecule has 0 spiro atoms. The molecule has 0 unspecified atom stereocenters. The molecule has 274 valence electrons. The molecule has 15 heteroatoms. The molecule has 0 fully saturated rings. The Morgan fingerprint density at radius 3 is 1.55 bits per heavy atom. The van der Waals surface area contributed by atoms with Crippen LogP contribution in [0, 0.1) is 0 Å². The third-order valence-electron chi connectivity index (χ3n) is 13.8. The predicted octanol–water partition coefficient (Wildman–Crippen LogP) is -5.88. The van der Waals surface area contributed by atoms with Crippen molar-refractivity contribution in [1.29, 1.82) is 0 Å². The van der Waals surface area contributed by atoms with Gasteiger partial charge in [-0.2, -0.15) is 0 Å². The molecule has 0 atom stereocenters. The van der Waals surface area contributed by atoms with Crippen LogP contribution in [0.3, 0.4) is 0 Å². The van der Waals surface area contributed by atoms with Crippen LogP contribution in [0.15, 0.2) is 114 Å². The monoisotopic (exact) mass is 760 g/mol. The van der Waals surface area contributed by atoms with Crippen molar-refractivity contribution < 1.29 is 4.42 Å². The largest absolute Gasteiger partial charge is 0.456 e. The maximum Gasteiger partial charge on any atom is 0.164 e. The van der Waals surface area contributed by atoms with Gasteiger partial charge in [0, 0.05) is 43.9 Å². The van der Waals surface area contributed by atoms with E-state index in [0.717, 1.165) is 55.4 Å². The maximum atomic E-state index is 6.72. The molecule has 0 aliphatic carbocycles. The van der Waals surface area contributed by atoms with Gasteiger partial charge in [-0.05, 0) is 59.7 Å². The lowest BCUT2D eigenvalue weighted by Gasteiger charge is -2.22. The summed E-state index contributed by atoms with van der Waals surface area (Å²) >= 11 is 0. The van der Waals surface area contributed by atoms with Gasteiger partial charge in [-0.3, -0.25) is 0 Å². The highest BCUT2D eigenvalue weighted by atomic mass is 16.3. The van der Waals surface area contributed by atoms with E-state index in [-0.39, 0.29) is 0 Å². The number of aromatic nitrogens is 4. The van der Waals surface area contributed by atoms with E-state index in [1.54, 1.807) is 0 Å². The zero-order valence-corrected chi connectivity index (χ0v) is 36.1. The number of rotatable bonds is 5. The van der Waals surface area contributed by atoms with Gasteiger partial charge in [0.15, 0.2) is 17.5 Å². The van der Waals surface area contributed by atoms with Crippen LogP contribution in [0.1, 0.15) is 0 Å². The number of hydrogen-bond donors (Lipinski definition) is 0. The summed E-state index contributed by atoms with van der Waals surface area (Å²) in [5.74, 6) is 2.02. The fraction of sp³-hybridized carbons (Fsp3) is 0. The Kier molecular flexibility index (Phi) is 9.02. The van der Waals surface area contributed by atoms with Crippen molar-refractivity contribution in [2.24, 2.45) is 0 Å². The summed E-state index contributed by atoms with van der Waals surface area (Å²) in [5.41, 5.74) is 23.0. The lowest BCUT2D eigenvalue weighted by Crippen LogP contribution is -2.55. The highest BCUT2D eigenvalue weighted by Gasteiger charge is 2.23. The molecule has 60 heavy (non-hydrogen) atoms. The minimum absolute atomic E-state index is 0.627. The van der Waals surface area contributed by atoms with Crippen LogP contribution in [0.2, 0.25) is 0 Å². The summed E-state index contributed by atoms with van der Waals surface area (Å²) in [5, 5.41) is 4.59. The van der Waals surface area contributed by atoms with Gasteiger partial charge < -0.3 is 8.98 Å². The normalized spacial score (nSPS) is 11.7. The minimum Gasteiger partial charge on any atom is -0.456 e. The molecular weight excluding hydrogens is 721 g/mol. The van der Waals surface area contributed by atoms with E-state index in [4.69, 9.17) is 19.4 Å². The highest BCUT2D eigenvalue weighted by Crippen LogP contribution is 2.40. The van der Waals surface area contributed by atoms with E-state index in [9.17, 15) is 0 Å². The van der Waals surface area contributed by atoms with Gasteiger partial charge in [0.2, 0.25) is 0 Å². The quantitative estimate of drug-likeness (QED) is 0.165. The van der Waals surface area contributed by atoms with E-state index in [1.165, 1.54) is 76.4 Å². The number of benzene rings is 7. The number of fused-ring (bicyclic) bond motifs is 6. The van der Waals surface area contributed by atoms with Crippen molar-refractivity contribution in [3.8, 4) is 51.0 Å². The third kappa shape index (κ3) is 5.73. The number of hydrogen-bond acceptors (Lipinski definition) is 4. The van der Waals surface area contributed by atoms with E-state index in [0.29, 0.717) is 17.5 Å². The lowest BCUT2D eigenvalue weighted by atomic mass is 9.60. The minimum atomic E-state index is 0.627. The molecule has 0 N–H and O–H groups in total. The zero-order valence-electron chi connectivity index (χ0n) is 36.1.